The van der Waals surface area contributed by atoms with Gasteiger partial charge in [-0.1, -0.05) is 19.9 Å². The molecule has 0 aliphatic carbocycles. The summed E-state index contributed by atoms with van der Waals surface area (Å²) in [5.41, 5.74) is -0.378. The number of halogens is 2. The number of carbonyl (C=O) groups is 1. The monoisotopic (exact) mass is 648 g/mol. The third-order valence-corrected chi connectivity index (χ3v) is 8.17. The zero-order valence-corrected chi connectivity index (χ0v) is 27.7. The van der Waals surface area contributed by atoms with Crippen molar-refractivity contribution < 1.29 is 23.4 Å². The van der Waals surface area contributed by atoms with Gasteiger partial charge < -0.3 is 14.7 Å². The Labute approximate surface area is 272 Å². The quantitative estimate of drug-likeness (QED) is 0.212. The predicted molar refractivity (Wildman–Crippen MR) is 178 cm³/mol. The maximum atomic E-state index is 16.4. The largest absolute Gasteiger partial charge is 0.444 e. The van der Waals surface area contributed by atoms with E-state index in [-0.39, 0.29) is 40.9 Å². The van der Waals surface area contributed by atoms with Gasteiger partial charge in [0.25, 0.3) is 0 Å². The van der Waals surface area contributed by atoms with Crippen molar-refractivity contribution in [1.82, 2.24) is 19.5 Å². The van der Waals surface area contributed by atoms with Gasteiger partial charge in [-0.3, -0.25) is 10.3 Å². The van der Waals surface area contributed by atoms with Crippen molar-refractivity contribution in [3.8, 4) is 16.9 Å². The second kappa shape index (κ2) is 13.7. The summed E-state index contributed by atoms with van der Waals surface area (Å²) in [6, 6.07) is 7.02. The minimum absolute atomic E-state index is 0.0402. The minimum Gasteiger partial charge on any atom is -0.444 e. The van der Waals surface area contributed by atoms with Crippen molar-refractivity contribution in [1.29, 1.82) is 0 Å². The summed E-state index contributed by atoms with van der Waals surface area (Å²) in [4.78, 5) is 42.8. The Bertz CT molecular complexity index is 1850. The Hall–Kier alpha value is -4.45. The van der Waals surface area contributed by atoms with E-state index in [0.29, 0.717) is 36.6 Å². The highest BCUT2D eigenvalue weighted by atomic mass is 19.1. The lowest BCUT2D eigenvalue weighted by molar-refractivity contribution is 0.0636. The minimum atomic E-state index is -0.858. The van der Waals surface area contributed by atoms with Gasteiger partial charge in [-0.2, -0.15) is 4.98 Å². The molecule has 1 aromatic carbocycles. The molecular formula is C35H42F2N6O4. The normalized spacial score (nSPS) is 15.4. The molecule has 0 saturated carbocycles. The van der Waals surface area contributed by atoms with Crippen LogP contribution in [-0.4, -0.2) is 55.5 Å². The topological polar surface area (TPSA) is 122 Å². The Morgan fingerprint density at radius 3 is 2.60 bits per heavy atom. The Morgan fingerprint density at radius 1 is 1.15 bits per heavy atom. The van der Waals surface area contributed by atoms with Crippen molar-refractivity contribution in [2.45, 2.75) is 91.2 Å². The number of hydrogen-bond acceptors (Lipinski definition) is 8. The number of ether oxygens (including phenoxy) is 1. The molecule has 2 N–H and O–H groups in total. The lowest BCUT2D eigenvalue weighted by Gasteiger charge is -2.35. The first-order valence-electron chi connectivity index (χ1n) is 16.1. The number of carbonyl (C=O) groups excluding carboxylic acids is 1. The average molecular weight is 649 g/mol. The molecule has 4 aromatic rings. The van der Waals surface area contributed by atoms with Gasteiger partial charge in [0.15, 0.2) is 11.5 Å². The molecule has 4 heterocycles. The lowest BCUT2D eigenvalue weighted by atomic mass is 10.0. The van der Waals surface area contributed by atoms with Gasteiger partial charge in [0.2, 0.25) is 0 Å². The van der Waals surface area contributed by atoms with E-state index in [9.17, 15) is 14.7 Å². The van der Waals surface area contributed by atoms with Crippen LogP contribution in [0.5, 0.6) is 0 Å². The number of nitrogens with one attached hydrogen (secondary N) is 1. The molecule has 12 heteroatoms. The predicted octanol–water partition coefficient (Wildman–Crippen LogP) is 6.90. The van der Waals surface area contributed by atoms with Gasteiger partial charge in [0.05, 0.1) is 28.0 Å². The number of nitrogens with zero attached hydrogens (tertiary/aromatic N) is 5. The molecule has 1 aliphatic rings. The molecule has 250 valence electrons. The molecule has 3 aromatic heterocycles. The van der Waals surface area contributed by atoms with Crippen LogP contribution in [-0.2, 0) is 11.2 Å². The average Bonchev–Trinajstić information content (AvgIpc) is 2.99. The highest BCUT2D eigenvalue weighted by Gasteiger charge is 2.29. The summed E-state index contributed by atoms with van der Waals surface area (Å²) < 4.78 is 38.7. The molecule has 5 rings (SSSR count). The third-order valence-electron chi connectivity index (χ3n) is 8.17. The number of aryl methyl sites for hydroxylation is 1. The Balaban J connectivity index is 1.85. The van der Waals surface area contributed by atoms with Crippen LogP contribution in [0.2, 0.25) is 0 Å². The van der Waals surface area contributed by atoms with Gasteiger partial charge in [-0.25, -0.2) is 27.9 Å². The van der Waals surface area contributed by atoms with E-state index in [0.717, 1.165) is 30.9 Å². The molecule has 1 atom stereocenters. The van der Waals surface area contributed by atoms with Crippen LogP contribution in [0, 0.1) is 11.6 Å². The van der Waals surface area contributed by atoms with Gasteiger partial charge in [-0.15, -0.1) is 0 Å². The van der Waals surface area contributed by atoms with Crippen LogP contribution in [0.4, 0.5) is 25.1 Å². The highest BCUT2D eigenvalue weighted by molar-refractivity contribution is 5.94. The van der Waals surface area contributed by atoms with Crippen molar-refractivity contribution >= 4 is 28.6 Å². The number of pyridine rings is 2. The maximum Gasteiger partial charge on any atom is 0.412 e. The smallest absolute Gasteiger partial charge is 0.412 e. The summed E-state index contributed by atoms with van der Waals surface area (Å²) in [5.74, 6) is -1.51. The lowest BCUT2D eigenvalue weighted by Crippen LogP contribution is -2.40. The number of amides is 1. The van der Waals surface area contributed by atoms with E-state index >= 15 is 8.78 Å². The van der Waals surface area contributed by atoms with E-state index in [4.69, 9.17) is 9.72 Å². The molecular weight excluding hydrogens is 606 g/mol. The molecule has 1 fully saturated rings. The number of rotatable bonds is 8. The molecule has 0 unspecified atom stereocenters. The number of aliphatic hydroxyl groups is 1. The molecule has 10 nitrogen and oxygen atoms in total. The van der Waals surface area contributed by atoms with E-state index < -0.39 is 34.7 Å². The fourth-order valence-corrected chi connectivity index (χ4v) is 6.06. The SMILES string of the molecule is CC(C)c1nccc(CCCO)c1-n1c(=O)nc(N2CCCC[C@@H]2C)c2cc(F)c(-c3c(F)cccc3NC(=O)OC(C)(C)C)nc21. The molecule has 47 heavy (non-hydrogen) atoms. The van der Waals surface area contributed by atoms with Crippen molar-refractivity contribution in [2.75, 3.05) is 23.4 Å². The van der Waals surface area contributed by atoms with Crippen molar-refractivity contribution in [3.05, 3.63) is 69.9 Å². The fraction of sp³-hybridized carbons (Fsp3) is 0.457. The van der Waals surface area contributed by atoms with Gasteiger partial charge in [-0.05, 0) is 95.5 Å². The van der Waals surface area contributed by atoms with E-state index in [2.05, 4.69) is 15.3 Å². The summed E-state index contributed by atoms with van der Waals surface area (Å²) in [6.45, 7) is 11.6. The summed E-state index contributed by atoms with van der Waals surface area (Å²) >= 11 is 0. The molecule has 0 bridgehead atoms. The van der Waals surface area contributed by atoms with Gasteiger partial charge in [0.1, 0.15) is 22.9 Å². The number of benzene rings is 1. The summed E-state index contributed by atoms with van der Waals surface area (Å²) in [7, 11) is 0. The number of aliphatic hydroxyl groups excluding tert-OH is 1. The first-order chi connectivity index (χ1) is 22.3. The molecule has 1 saturated heterocycles. The summed E-state index contributed by atoms with van der Waals surface area (Å²) in [6.07, 6.45) is 4.44. The highest BCUT2D eigenvalue weighted by Crippen LogP contribution is 2.37. The van der Waals surface area contributed by atoms with Crippen LogP contribution in [0.1, 0.15) is 84.4 Å². The second-order valence-corrected chi connectivity index (χ2v) is 13.3. The summed E-state index contributed by atoms with van der Waals surface area (Å²) in [5, 5.41) is 12.5. The van der Waals surface area contributed by atoms with E-state index in [1.54, 1.807) is 33.0 Å². The number of fused-ring (bicyclic) bond motifs is 1. The number of piperidine rings is 1. The standard InChI is InChI=1S/C35H42F2N6O4/c1-20(2)28-30(22(12-10-18-44)15-16-38-28)43-32-23(31(41-33(43)45)42-17-8-7-11-21(42)3)19-25(37)29(40-32)27-24(36)13-9-14-26(27)39-34(46)47-35(4,5)6/h9,13-16,19-21,44H,7-8,10-12,17-18H2,1-6H3,(H,39,46)/t21-/m0/s1. The van der Waals surface area contributed by atoms with Crippen molar-refractivity contribution in [2.24, 2.45) is 0 Å². The zero-order chi connectivity index (χ0) is 34.0. The van der Waals surface area contributed by atoms with Crippen LogP contribution >= 0.6 is 0 Å². The zero-order valence-electron chi connectivity index (χ0n) is 27.7. The Kier molecular flexibility index (Phi) is 9.90. The molecule has 0 radical (unpaired) electrons. The molecule has 0 spiro atoms. The van der Waals surface area contributed by atoms with E-state index in [1.165, 1.54) is 22.8 Å². The molecule has 1 aliphatic heterocycles. The Morgan fingerprint density at radius 2 is 1.91 bits per heavy atom. The second-order valence-electron chi connectivity index (χ2n) is 13.3. The van der Waals surface area contributed by atoms with Crippen molar-refractivity contribution in [3.63, 3.8) is 0 Å². The van der Waals surface area contributed by atoms with Crippen LogP contribution in [0.15, 0.2) is 41.3 Å². The fourth-order valence-electron chi connectivity index (χ4n) is 6.06. The molecule has 1 amide bonds. The number of hydrogen-bond donors (Lipinski definition) is 2. The third kappa shape index (κ3) is 7.12. The van der Waals surface area contributed by atoms with Crippen LogP contribution in [0.3, 0.4) is 0 Å². The number of aromatic nitrogens is 4. The van der Waals surface area contributed by atoms with Crippen LogP contribution in [0.25, 0.3) is 28.0 Å². The van der Waals surface area contributed by atoms with Crippen LogP contribution < -0.4 is 15.9 Å². The first-order valence-corrected chi connectivity index (χ1v) is 16.1. The van der Waals surface area contributed by atoms with E-state index in [1.807, 2.05) is 25.7 Å². The van der Waals surface area contributed by atoms with Gasteiger partial charge >= 0.3 is 11.8 Å². The number of anilines is 2. The first kappa shape index (κ1) is 33.9. The van der Waals surface area contributed by atoms with Gasteiger partial charge in [0, 0.05) is 25.4 Å². The maximum absolute atomic E-state index is 16.4.